The fourth-order valence-corrected chi connectivity index (χ4v) is 1.60. The van der Waals surface area contributed by atoms with Crippen LogP contribution in [0.5, 0.6) is 0 Å². The number of aryl methyl sites for hydroxylation is 1. The molecule has 1 amide bonds. The van der Waals surface area contributed by atoms with Crippen molar-refractivity contribution in [3.8, 4) is 0 Å². The molecule has 13 heavy (non-hydrogen) atoms. The summed E-state index contributed by atoms with van der Waals surface area (Å²) >= 11 is 3.20. The molecule has 0 atom stereocenters. The van der Waals surface area contributed by atoms with Crippen LogP contribution in [-0.2, 0) is 0 Å². The maximum Gasteiger partial charge on any atom is 0.254 e. The van der Waals surface area contributed by atoms with E-state index >= 15 is 0 Å². The van der Waals surface area contributed by atoms with E-state index in [1.807, 2.05) is 0 Å². The number of benzene rings is 1. The van der Waals surface area contributed by atoms with Gasteiger partial charge in [0.2, 0.25) is 0 Å². The summed E-state index contributed by atoms with van der Waals surface area (Å²) in [4.78, 5) is 11.2. The highest BCUT2D eigenvalue weighted by atomic mass is 79.9. The topological polar surface area (TPSA) is 29.1 Å². The van der Waals surface area contributed by atoms with Gasteiger partial charge in [-0.1, -0.05) is 15.9 Å². The summed E-state index contributed by atoms with van der Waals surface area (Å²) in [5.41, 5.74) is 0.516. The van der Waals surface area contributed by atoms with Crippen LogP contribution in [0.25, 0.3) is 0 Å². The Bertz CT molecular complexity index is 352. The third kappa shape index (κ3) is 2.06. The number of nitrogens with one attached hydrogen (secondary N) is 1. The number of hydrogen-bond donors (Lipinski definition) is 1. The maximum absolute atomic E-state index is 13.3. The lowest BCUT2D eigenvalue weighted by Gasteiger charge is -2.04. The monoisotopic (exact) mass is 245 g/mol. The van der Waals surface area contributed by atoms with Crippen LogP contribution >= 0.6 is 15.9 Å². The van der Waals surface area contributed by atoms with Gasteiger partial charge in [-0.3, -0.25) is 4.79 Å². The van der Waals surface area contributed by atoms with Crippen LogP contribution in [0.3, 0.4) is 0 Å². The van der Waals surface area contributed by atoms with E-state index in [0.29, 0.717) is 10.0 Å². The van der Waals surface area contributed by atoms with Gasteiger partial charge >= 0.3 is 0 Å². The minimum absolute atomic E-state index is 0.0642. The second-order valence-corrected chi connectivity index (χ2v) is 3.58. The molecule has 0 spiro atoms. The fourth-order valence-electron chi connectivity index (χ4n) is 1.03. The average Bonchev–Trinajstić information content (AvgIpc) is 2.10. The number of rotatable bonds is 1. The average molecular weight is 246 g/mol. The van der Waals surface area contributed by atoms with Gasteiger partial charge in [-0.25, -0.2) is 4.39 Å². The Labute approximate surface area is 84.3 Å². The molecule has 0 aliphatic heterocycles. The first-order valence-electron chi connectivity index (χ1n) is 3.74. The van der Waals surface area contributed by atoms with E-state index in [4.69, 9.17) is 0 Å². The molecule has 0 aromatic heterocycles. The molecule has 0 aliphatic carbocycles. The van der Waals surface area contributed by atoms with E-state index in [-0.39, 0.29) is 5.56 Å². The molecule has 2 nitrogen and oxygen atoms in total. The molecular formula is C9H9BrFNO. The summed E-state index contributed by atoms with van der Waals surface area (Å²) in [5.74, 6) is -0.885. The Hall–Kier alpha value is -0.900. The van der Waals surface area contributed by atoms with Gasteiger partial charge in [-0.15, -0.1) is 0 Å². The molecule has 1 N–H and O–H groups in total. The molecule has 0 bridgehead atoms. The first-order valence-corrected chi connectivity index (χ1v) is 4.53. The van der Waals surface area contributed by atoms with Gasteiger partial charge in [-0.05, 0) is 24.6 Å². The molecule has 0 aliphatic rings. The lowest BCUT2D eigenvalue weighted by molar-refractivity contribution is 0.0959. The minimum Gasteiger partial charge on any atom is -0.355 e. The van der Waals surface area contributed by atoms with Crippen LogP contribution in [0, 0.1) is 12.7 Å². The van der Waals surface area contributed by atoms with E-state index in [0.717, 1.165) is 0 Å². The van der Waals surface area contributed by atoms with Crippen molar-refractivity contribution in [1.82, 2.24) is 5.32 Å². The van der Waals surface area contributed by atoms with Gasteiger partial charge < -0.3 is 5.32 Å². The lowest BCUT2D eigenvalue weighted by atomic mass is 10.1. The molecule has 1 aromatic rings. The second kappa shape index (κ2) is 3.87. The summed E-state index contributed by atoms with van der Waals surface area (Å²) in [6.45, 7) is 1.62. The third-order valence-electron chi connectivity index (χ3n) is 1.69. The normalized spacial score (nSPS) is 9.85. The van der Waals surface area contributed by atoms with Gasteiger partial charge in [-0.2, -0.15) is 0 Å². The lowest BCUT2D eigenvalue weighted by Crippen LogP contribution is -2.19. The Morgan fingerprint density at radius 1 is 1.54 bits per heavy atom. The summed E-state index contributed by atoms with van der Waals surface area (Å²) in [5, 5.41) is 2.38. The van der Waals surface area contributed by atoms with Gasteiger partial charge in [0.05, 0.1) is 5.56 Å². The molecule has 0 heterocycles. The van der Waals surface area contributed by atoms with Crippen molar-refractivity contribution in [3.05, 3.63) is 33.5 Å². The van der Waals surface area contributed by atoms with E-state index < -0.39 is 11.7 Å². The van der Waals surface area contributed by atoms with Gasteiger partial charge in [0, 0.05) is 11.5 Å². The van der Waals surface area contributed by atoms with Crippen molar-refractivity contribution >= 4 is 21.8 Å². The Kier molecular flexibility index (Phi) is 3.03. The smallest absolute Gasteiger partial charge is 0.254 e. The van der Waals surface area contributed by atoms with Crippen LogP contribution in [-0.4, -0.2) is 13.0 Å². The molecule has 1 aromatic carbocycles. The number of halogens is 2. The SMILES string of the molecule is CNC(=O)c1cc(Br)cc(C)c1F. The summed E-state index contributed by atoms with van der Waals surface area (Å²) in [7, 11) is 1.47. The third-order valence-corrected chi connectivity index (χ3v) is 2.15. The number of carbonyl (C=O) groups is 1. The Morgan fingerprint density at radius 3 is 2.69 bits per heavy atom. The zero-order valence-electron chi connectivity index (χ0n) is 7.32. The van der Waals surface area contributed by atoms with Crippen LogP contribution in [0.15, 0.2) is 16.6 Å². The molecule has 0 radical (unpaired) electrons. The van der Waals surface area contributed by atoms with Crippen LogP contribution in [0.1, 0.15) is 15.9 Å². The maximum atomic E-state index is 13.3. The van der Waals surface area contributed by atoms with E-state index in [1.165, 1.54) is 13.1 Å². The highest BCUT2D eigenvalue weighted by Crippen LogP contribution is 2.19. The molecule has 4 heteroatoms. The summed E-state index contributed by atoms with van der Waals surface area (Å²) < 4.78 is 14.0. The zero-order chi connectivity index (χ0) is 10.0. The molecule has 70 valence electrons. The Balaban J connectivity index is 3.28. The highest BCUT2D eigenvalue weighted by Gasteiger charge is 2.12. The van der Waals surface area contributed by atoms with Crippen molar-refractivity contribution < 1.29 is 9.18 Å². The first kappa shape index (κ1) is 10.2. The number of hydrogen-bond acceptors (Lipinski definition) is 1. The summed E-state index contributed by atoms with van der Waals surface area (Å²) in [6.07, 6.45) is 0. The van der Waals surface area contributed by atoms with Gasteiger partial charge in [0.1, 0.15) is 5.82 Å². The molecule has 0 saturated heterocycles. The van der Waals surface area contributed by atoms with Gasteiger partial charge in [0.25, 0.3) is 5.91 Å². The van der Waals surface area contributed by atoms with Crippen LogP contribution in [0.2, 0.25) is 0 Å². The molecule has 1 rings (SSSR count). The van der Waals surface area contributed by atoms with Crippen molar-refractivity contribution in [2.24, 2.45) is 0 Å². The van der Waals surface area contributed by atoms with Crippen LogP contribution < -0.4 is 5.32 Å². The summed E-state index contributed by atoms with van der Waals surface area (Å²) in [6, 6.07) is 3.09. The van der Waals surface area contributed by atoms with E-state index in [9.17, 15) is 9.18 Å². The van der Waals surface area contributed by atoms with Crippen molar-refractivity contribution in [2.45, 2.75) is 6.92 Å². The predicted octanol–water partition coefficient (Wildman–Crippen LogP) is 2.26. The zero-order valence-corrected chi connectivity index (χ0v) is 8.90. The number of amides is 1. The molecular weight excluding hydrogens is 237 g/mol. The standard InChI is InChI=1S/C9H9BrFNO/c1-5-3-6(10)4-7(8(5)11)9(13)12-2/h3-4H,1-2H3,(H,12,13). The number of carbonyl (C=O) groups excluding carboxylic acids is 1. The quantitative estimate of drug-likeness (QED) is 0.809. The van der Waals surface area contributed by atoms with Crippen molar-refractivity contribution in [3.63, 3.8) is 0 Å². The minimum atomic E-state index is -0.470. The first-order chi connectivity index (χ1) is 6.06. The Morgan fingerprint density at radius 2 is 2.15 bits per heavy atom. The molecule has 0 saturated carbocycles. The second-order valence-electron chi connectivity index (χ2n) is 2.66. The predicted molar refractivity (Wildman–Crippen MR) is 52.2 cm³/mol. The van der Waals surface area contributed by atoms with E-state index in [1.54, 1.807) is 13.0 Å². The largest absolute Gasteiger partial charge is 0.355 e. The van der Waals surface area contributed by atoms with E-state index in [2.05, 4.69) is 21.2 Å². The van der Waals surface area contributed by atoms with Crippen LogP contribution in [0.4, 0.5) is 4.39 Å². The van der Waals surface area contributed by atoms with Gasteiger partial charge in [0.15, 0.2) is 0 Å². The highest BCUT2D eigenvalue weighted by molar-refractivity contribution is 9.10. The fraction of sp³-hybridized carbons (Fsp3) is 0.222. The van der Waals surface area contributed by atoms with Crippen molar-refractivity contribution in [1.29, 1.82) is 0 Å². The molecule has 0 fully saturated rings. The molecule has 0 unspecified atom stereocenters. The van der Waals surface area contributed by atoms with Crippen molar-refractivity contribution in [2.75, 3.05) is 7.05 Å².